The predicted molar refractivity (Wildman–Crippen MR) is 86.4 cm³/mol. The van der Waals surface area contributed by atoms with E-state index in [0.717, 1.165) is 30.8 Å². The van der Waals surface area contributed by atoms with Crippen molar-refractivity contribution in [1.82, 2.24) is 14.5 Å². The highest BCUT2D eigenvalue weighted by atomic mass is 32.1. The number of aromatic amines is 1. The molecule has 1 fully saturated rings. The van der Waals surface area contributed by atoms with Gasteiger partial charge < -0.3 is 9.88 Å². The van der Waals surface area contributed by atoms with E-state index in [-0.39, 0.29) is 11.5 Å². The van der Waals surface area contributed by atoms with Crippen molar-refractivity contribution in [1.29, 1.82) is 0 Å². The quantitative estimate of drug-likeness (QED) is 0.865. The zero-order chi connectivity index (χ0) is 15.0. The van der Waals surface area contributed by atoms with Gasteiger partial charge in [0.2, 0.25) is 5.91 Å². The fourth-order valence-electron chi connectivity index (χ4n) is 2.79. The van der Waals surface area contributed by atoms with Crippen molar-refractivity contribution in [2.24, 2.45) is 0 Å². The van der Waals surface area contributed by atoms with Gasteiger partial charge in [-0.2, -0.15) is 0 Å². The highest BCUT2D eigenvalue weighted by Crippen LogP contribution is 2.18. The summed E-state index contributed by atoms with van der Waals surface area (Å²) in [6.07, 6.45) is 3.23. The summed E-state index contributed by atoms with van der Waals surface area (Å²) in [5.41, 5.74) is -0.187. The Hall–Kier alpha value is -1.47. The van der Waals surface area contributed by atoms with Gasteiger partial charge in [0.1, 0.15) is 10.9 Å². The number of H-pyrrole nitrogens is 1. The van der Waals surface area contributed by atoms with E-state index < -0.39 is 6.04 Å². The molecule has 0 radical (unpaired) electrons. The van der Waals surface area contributed by atoms with Crippen LogP contribution in [0.3, 0.4) is 0 Å². The molecule has 7 heteroatoms. The first-order valence-corrected chi connectivity index (χ1v) is 8.39. The zero-order valence-electron chi connectivity index (χ0n) is 11.8. The van der Waals surface area contributed by atoms with Crippen LogP contribution in [-0.4, -0.2) is 33.4 Å². The molecule has 21 heavy (non-hydrogen) atoms. The largest absolute Gasteiger partial charge is 0.341 e. The molecule has 0 aliphatic carbocycles. The zero-order valence-corrected chi connectivity index (χ0v) is 13.4. The van der Waals surface area contributed by atoms with E-state index in [1.807, 2.05) is 10.3 Å². The predicted octanol–water partition coefficient (Wildman–Crippen LogP) is 2.69. The number of likely N-dealkylation sites (tertiary alicyclic amines) is 1. The van der Waals surface area contributed by atoms with Crippen LogP contribution in [0.1, 0.15) is 32.2 Å². The van der Waals surface area contributed by atoms with E-state index in [2.05, 4.69) is 4.98 Å². The Morgan fingerprint density at radius 1 is 1.38 bits per heavy atom. The number of hydrogen-bond acceptors (Lipinski definition) is 4. The molecule has 0 aromatic carbocycles. The van der Waals surface area contributed by atoms with Gasteiger partial charge in [-0.25, -0.2) is 0 Å². The second-order valence-corrected chi connectivity index (χ2v) is 6.63. The summed E-state index contributed by atoms with van der Waals surface area (Å²) in [6, 6.07) is 1.20. The Balaban J connectivity index is 2.01. The topological polar surface area (TPSA) is 58.1 Å². The summed E-state index contributed by atoms with van der Waals surface area (Å²) in [7, 11) is 0. The first-order valence-electron chi connectivity index (χ1n) is 7.10. The second kappa shape index (κ2) is 5.73. The number of thiophene rings is 1. The number of carbonyl (C=O) groups excluding carboxylic acids is 1. The molecule has 1 unspecified atom stereocenters. The third-order valence-electron chi connectivity index (χ3n) is 3.97. The summed E-state index contributed by atoms with van der Waals surface area (Å²) in [5.74, 6) is -0.0223. The third kappa shape index (κ3) is 2.55. The number of carbonyl (C=O) groups is 1. The molecule has 1 amide bonds. The lowest BCUT2D eigenvalue weighted by Crippen LogP contribution is -2.42. The molecule has 2 aromatic heterocycles. The molecule has 1 aliphatic heterocycles. The minimum atomic E-state index is -0.566. The van der Waals surface area contributed by atoms with E-state index in [9.17, 15) is 9.59 Å². The average Bonchev–Trinajstić information content (AvgIpc) is 2.95. The van der Waals surface area contributed by atoms with Gasteiger partial charge in [-0.3, -0.25) is 14.2 Å². The van der Waals surface area contributed by atoms with Crippen LogP contribution in [0.15, 0.2) is 16.2 Å². The van der Waals surface area contributed by atoms with Crippen molar-refractivity contribution in [3.63, 3.8) is 0 Å². The van der Waals surface area contributed by atoms with E-state index in [4.69, 9.17) is 12.2 Å². The minimum Gasteiger partial charge on any atom is -0.341 e. The van der Waals surface area contributed by atoms with E-state index in [1.54, 1.807) is 13.0 Å². The second-order valence-electron chi connectivity index (χ2n) is 5.33. The van der Waals surface area contributed by atoms with Crippen molar-refractivity contribution >= 4 is 39.7 Å². The van der Waals surface area contributed by atoms with Crippen molar-refractivity contribution in [2.45, 2.75) is 32.2 Å². The summed E-state index contributed by atoms with van der Waals surface area (Å²) < 4.78 is 1.72. The lowest BCUT2D eigenvalue weighted by molar-refractivity contribution is -0.135. The van der Waals surface area contributed by atoms with Crippen LogP contribution in [0.5, 0.6) is 0 Å². The van der Waals surface area contributed by atoms with Crippen LogP contribution in [0, 0.1) is 4.77 Å². The minimum absolute atomic E-state index is 0.0223. The lowest BCUT2D eigenvalue weighted by atomic mass is 10.1. The maximum Gasteiger partial charge on any atom is 0.263 e. The third-order valence-corrected chi connectivity index (χ3v) is 5.09. The molecule has 1 N–H and O–H groups in total. The van der Waals surface area contributed by atoms with Gasteiger partial charge in [0, 0.05) is 13.1 Å². The van der Waals surface area contributed by atoms with Crippen LogP contribution in [0.4, 0.5) is 0 Å². The van der Waals surface area contributed by atoms with Gasteiger partial charge in [-0.05, 0) is 49.9 Å². The Bertz CT molecular complexity index is 783. The molecule has 0 bridgehead atoms. The highest BCUT2D eigenvalue weighted by molar-refractivity contribution is 7.71. The van der Waals surface area contributed by atoms with Gasteiger partial charge in [-0.15, -0.1) is 11.3 Å². The van der Waals surface area contributed by atoms with E-state index in [1.165, 1.54) is 22.3 Å². The Morgan fingerprint density at radius 2 is 2.10 bits per heavy atom. The molecule has 1 atom stereocenters. The fourth-order valence-corrected chi connectivity index (χ4v) is 3.98. The van der Waals surface area contributed by atoms with Gasteiger partial charge in [0.05, 0.1) is 5.39 Å². The van der Waals surface area contributed by atoms with Crippen molar-refractivity contribution in [3.05, 3.63) is 26.6 Å². The number of aromatic nitrogens is 2. The first kappa shape index (κ1) is 14.5. The first-order chi connectivity index (χ1) is 10.1. The van der Waals surface area contributed by atoms with Crippen LogP contribution in [0.25, 0.3) is 10.2 Å². The Kier molecular flexibility index (Phi) is 3.95. The number of piperidine rings is 1. The van der Waals surface area contributed by atoms with E-state index >= 15 is 0 Å². The maximum absolute atomic E-state index is 12.6. The number of rotatable bonds is 2. The SMILES string of the molecule is CC(C(=O)N1CCCCC1)n1c(=S)[nH]c2sccc2c1=O. The summed E-state index contributed by atoms with van der Waals surface area (Å²) in [6.45, 7) is 3.30. The molecule has 0 spiro atoms. The van der Waals surface area contributed by atoms with Crippen molar-refractivity contribution in [2.75, 3.05) is 13.1 Å². The van der Waals surface area contributed by atoms with E-state index in [0.29, 0.717) is 10.2 Å². The normalized spacial score (nSPS) is 17.1. The average molecular weight is 323 g/mol. The monoisotopic (exact) mass is 323 g/mol. The number of nitrogens with zero attached hydrogens (tertiary/aromatic N) is 2. The molecule has 2 aromatic rings. The standard InChI is InChI=1S/C14H17N3O2S2/c1-9(12(18)16-6-3-2-4-7-16)17-13(19)10-5-8-21-11(10)15-14(17)20/h5,8-9H,2-4,6-7H2,1H3,(H,15,20). The van der Waals surface area contributed by atoms with Gasteiger partial charge in [-0.1, -0.05) is 0 Å². The summed E-state index contributed by atoms with van der Waals surface area (Å²) in [4.78, 5) is 30.8. The fraction of sp³-hybridized carbons (Fsp3) is 0.500. The number of hydrogen-bond donors (Lipinski definition) is 1. The molecule has 1 aliphatic rings. The Morgan fingerprint density at radius 3 is 2.81 bits per heavy atom. The van der Waals surface area contributed by atoms with Crippen LogP contribution >= 0.6 is 23.6 Å². The molecular weight excluding hydrogens is 306 g/mol. The maximum atomic E-state index is 12.6. The number of amides is 1. The molecule has 112 valence electrons. The van der Waals surface area contributed by atoms with Crippen LogP contribution < -0.4 is 5.56 Å². The summed E-state index contributed by atoms with van der Waals surface area (Å²) >= 11 is 6.71. The van der Waals surface area contributed by atoms with Crippen molar-refractivity contribution in [3.8, 4) is 0 Å². The van der Waals surface area contributed by atoms with Gasteiger partial charge in [0.25, 0.3) is 5.56 Å². The van der Waals surface area contributed by atoms with Gasteiger partial charge >= 0.3 is 0 Å². The molecular formula is C14H17N3O2S2. The lowest BCUT2D eigenvalue weighted by Gasteiger charge is -2.29. The highest BCUT2D eigenvalue weighted by Gasteiger charge is 2.25. The molecule has 3 rings (SSSR count). The molecule has 0 saturated carbocycles. The number of fused-ring (bicyclic) bond motifs is 1. The van der Waals surface area contributed by atoms with Crippen LogP contribution in [0.2, 0.25) is 0 Å². The summed E-state index contributed by atoms with van der Waals surface area (Å²) in [5, 5.41) is 2.44. The smallest absolute Gasteiger partial charge is 0.263 e. The molecule has 5 nitrogen and oxygen atoms in total. The Labute approximate surface area is 131 Å². The van der Waals surface area contributed by atoms with Gasteiger partial charge in [0.15, 0.2) is 4.77 Å². The van der Waals surface area contributed by atoms with Crippen molar-refractivity contribution < 1.29 is 4.79 Å². The molecule has 3 heterocycles. The van der Waals surface area contributed by atoms with Crippen LogP contribution in [-0.2, 0) is 4.79 Å². The number of nitrogens with one attached hydrogen (secondary N) is 1. The molecule has 1 saturated heterocycles.